The fourth-order valence-electron chi connectivity index (χ4n) is 3.85. The van der Waals surface area contributed by atoms with Crippen LogP contribution in [0.2, 0.25) is 0 Å². The fraction of sp³-hybridized carbons (Fsp3) is 0.0870. The van der Waals surface area contributed by atoms with Crippen molar-refractivity contribution in [3.63, 3.8) is 0 Å². The summed E-state index contributed by atoms with van der Waals surface area (Å²) in [5, 5.41) is 0.737. The van der Waals surface area contributed by atoms with Crippen LogP contribution in [-0.4, -0.2) is 16.3 Å². The van der Waals surface area contributed by atoms with Gasteiger partial charge >= 0.3 is 0 Å². The summed E-state index contributed by atoms with van der Waals surface area (Å²) in [4.78, 5) is 5.51. The van der Waals surface area contributed by atoms with E-state index in [0.29, 0.717) is 0 Å². The summed E-state index contributed by atoms with van der Waals surface area (Å²) in [6, 6.07) is 24.2. The highest BCUT2D eigenvalue weighted by atomic mass is 32.2. The van der Waals surface area contributed by atoms with E-state index in [1.807, 2.05) is 54.6 Å². The van der Waals surface area contributed by atoms with Crippen molar-refractivity contribution in [1.29, 1.82) is 0 Å². The van der Waals surface area contributed by atoms with Gasteiger partial charge < -0.3 is 4.74 Å². The normalized spacial score (nSPS) is 18.0. The van der Waals surface area contributed by atoms with Crippen molar-refractivity contribution in [1.82, 2.24) is 4.98 Å². The molecule has 4 aromatic rings. The van der Waals surface area contributed by atoms with E-state index >= 15 is 0 Å². The number of fused-ring (bicyclic) bond motifs is 4. The molecule has 1 aliphatic rings. The zero-order chi connectivity index (χ0) is 18.4. The first-order chi connectivity index (χ1) is 13.3. The number of rotatable bonds is 2. The predicted molar refractivity (Wildman–Crippen MR) is 108 cm³/mol. The molecule has 2 atom stereocenters. The Morgan fingerprint density at radius 1 is 0.889 bits per heavy atom. The standard InChI is InChI=1S/C23H17NO2S/c1-26-16-13-15-7-6-11-20(22(15)24-14-16)23-19-10-3-2-8-17(19)18-9-4-5-12-21(18)27(23)25/h2-14,23H,1H3. The Morgan fingerprint density at radius 3 is 2.48 bits per heavy atom. The molecule has 0 spiro atoms. The average molecular weight is 371 g/mol. The minimum absolute atomic E-state index is 0.249. The van der Waals surface area contributed by atoms with Crippen LogP contribution in [0.3, 0.4) is 0 Å². The molecule has 0 N–H and O–H groups in total. The summed E-state index contributed by atoms with van der Waals surface area (Å²) in [5.41, 5.74) is 5.13. The predicted octanol–water partition coefficient (Wildman–Crippen LogP) is 5.12. The first-order valence-electron chi connectivity index (χ1n) is 8.79. The SMILES string of the molecule is COc1cnc2c(C3c4ccccc4-c4ccccc4S3=O)cccc2c1. The Bertz CT molecular complexity index is 1200. The van der Waals surface area contributed by atoms with E-state index in [2.05, 4.69) is 23.2 Å². The van der Waals surface area contributed by atoms with Crippen LogP contribution in [0.15, 0.2) is 83.9 Å². The van der Waals surface area contributed by atoms with E-state index in [9.17, 15) is 4.21 Å². The van der Waals surface area contributed by atoms with Crippen molar-refractivity contribution in [3.8, 4) is 16.9 Å². The lowest BCUT2D eigenvalue weighted by Gasteiger charge is -2.28. The first kappa shape index (κ1) is 16.2. The maximum atomic E-state index is 13.6. The third-order valence-electron chi connectivity index (χ3n) is 5.09. The highest BCUT2D eigenvalue weighted by Crippen LogP contribution is 2.46. The van der Waals surface area contributed by atoms with Crippen molar-refractivity contribution < 1.29 is 8.95 Å². The van der Waals surface area contributed by atoms with E-state index in [0.717, 1.165) is 43.8 Å². The Kier molecular flexibility index (Phi) is 3.80. The molecule has 0 bridgehead atoms. The van der Waals surface area contributed by atoms with Crippen molar-refractivity contribution in [2.75, 3.05) is 7.11 Å². The molecule has 2 heterocycles. The van der Waals surface area contributed by atoms with Gasteiger partial charge in [0.15, 0.2) is 0 Å². The molecule has 5 rings (SSSR count). The molecule has 0 fully saturated rings. The second-order valence-electron chi connectivity index (χ2n) is 6.55. The second kappa shape index (κ2) is 6.32. The second-order valence-corrected chi connectivity index (χ2v) is 8.06. The molecule has 27 heavy (non-hydrogen) atoms. The zero-order valence-corrected chi connectivity index (χ0v) is 15.6. The summed E-state index contributed by atoms with van der Waals surface area (Å²) in [5.74, 6) is 0.718. The molecule has 1 aromatic heterocycles. The molecule has 3 nitrogen and oxygen atoms in total. The van der Waals surface area contributed by atoms with Crippen LogP contribution in [0.25, 0.3) is 22.0 Å². The van der Waals surface area contributed by atoms with Gasteiger partial charge in [-0.3, -0.25) is 9.19 Å². The molecule has 0 saturated heterocycles. The molecule has 1 aliphatic heterocycles. The maximum absolute atomic E-state index is 13.6. The summed E-state index contributed by atoms with van der Waals surface area (Å²) < 4.78 is 18.9. The van der Waals surface area contributed by atoms with Gasteiger partial charge in [0, 0.05) is 10.3 Å². The van der Waals surface area contributed by atoms with Crippen molar-refractivity contribution in [2.24, 2.45) is 0 Å². The van der Waals surface area contributed by atoms with E-state index in [-0.39, 0.29) is 5.25 Å². The van der Waals surface area contributed by atoms with Crippen LogP contribution < -0.4 is 4.74 Å². The molecule has 0 saturated carbocycles. The topological polar surface area (TPSA) is 39.2 Å². The molecule has 0 radical (unpaired) electrons. The monoisotopic (exact) mass is 371 g/mol. The Labute approximate surface area is 160 Å². The fourth-order valence-corrected chi connectivity index (χ4v) is 5.57. The average Bonchev–Trinajstić information content (AvgIpc) is 2.73. The zero-order valence-electron chi connectivity index (χ0n) is 14.8. The number of ether oxygens (including phenoxy) is 1. The van der Waals surface area contributed by atoms with Gasteiger partial charge in [-0.15, -0.1) is 0 Å². The molecule has 2 unspecified atom stereocenters. The number of benzene rings is 3. The third kappa shape index (κ3) is 2.48. The quantitative estimate of drug-likeness (QED) is 0.491. The molecular weight excluding hydrogens is 354 g/mol. The van der Waals surface area contributed by atoms with Crippen LogP contribution in [0.5, 0.6) is 5.75 Å². The Morgan fingerprint density at radius 2 is 1.63 bits per heavy atom. The van der Waals surface area contributed by atoms with Gasteiger partial charge in [-0.2, -0.15) is 0 Å². The highest BCUT2D eigenvalue weighted by Gasteiger charge is 2.33. The summed E-state index contributed by atoms with van der Waals surface area (Å²) in [6.07, 6.45) is 1.72. The van der Waals surface area contributed by atoms with Gasteiger partial charge in [-0.05, 0) is 34.4 Å². The lowest BCUT2D eigenvalue weighted by Crippen LogP contribution is -2.16. The highest BCUT2D eigenvalue weighted by molar-refractivity contribution is 7.85. The number of hydrogen-bond donors (Lipinski definition) is 0. The Balaban J connectivity index is 1.79. The number of aromatic nitrogens is 1. The third-order valence-corrected chi connectivity index (χ3v) is 6.81. The van der Waals surface area contributed by atoms with Gasteiger partial charge in [-0.25, -0.2) is 0 Å². The van der Waals surface area contributed by atoms with E-state index in [1.54, 1.807) is 13.3 Å². The lowest BCUT2D eigenvalue weighted by molar-refractivity contribution is 0.414. The Hall–Kier alpha value is -2.98. The van der Waals surface area contributed by atoms with Gasteiger partial charge in [0.25, 0.3) is 0 Å². The van der Waals surface area contributed by atoms with Gasteiger partial charge in [0.1, 0.15) is 5.75 Å². The number of pyridine rings is 1. The van der Waals surface area contributed by atoms with Crippen molar-refractivity contribution in [3.05, 3.63) is 90.1 Å². The van der Waals surface area contributed by atoms with Crippen LogP contribution in [-0.2, 0) is 10.8 Å². The maximum Gasteiger partial charge on any atom is 0.137 e. The number of para-hydroxylation sites is 1. The molecule has 132 valence electrons. The van der Waals surface area contributed by atoms with Crippen LogP contribution >= 0.6 is 0 Å². The number of hydrogen-bond acceptors (Lipinski definition) is 3. The van der Waals surface area contributed by atoms with Gasteiger partial charge in [0.05, 0.1) is 34.9 Å². The largest absolute Gasteiger partial charge is 0.495 e. The molecular formula is C23H17NO2S. The van der Waals surface area contributed by atoms with E-state index < -0.39 is 10.8 Å². The number of nitrogens with zero attached hydrogens (tertiary/aromatic N) is 1. The van der Waals surface area contributed by atoms with Gasteiger partial charge in [0.2, 0.25) is 0 Å². The minimum atomic E-state index is -1.20. The lowest BCUT2D eigenvalue weighted by atomic mass is 9.93. The van der Waals surface area contributed by atoms with Crippen molar-refractivity contribution in [2.45, 2.75) is 10.1 Å². The smallest absolute Gasteiger partial charge is 0.137 e. The van der Waals surface area contributed by atoms with Crippen LogP contribution in [0, 0.1) is 0 Å². The van der Waals surface area contributed by atoms with Crippen LogP contribution in [0.4, 0.5) is 0 Å². The van der Waals surface area contributed by atoms with Crippen molar-refractivity contribution >= 4 is 21.7 Å². The molecule has 4 heteroatoms. The van der Waals surface area contributed by atoms with E-state index in [4.69, 9.17) is 4.74 Å². The molecule has 0 aliphatic carbocycles. The minimum Gasteiger partial charge on any atom is -0.495 e. The summed E-state index contributed by atoms with van der Waals surface area (Å²) in [7, 11) is 0.435. The summed E-state index contributed by atoms with van der Waals surface area (Å²) in [6.45, 7) is 0. The number of methoxy groups -OCH3 is 1. The molecule has 3 aromatic carbocycles. The summed E-state index contributed by atoms with van der Waals surface area (Å²) >= 11 is 0. The first-order valence-corrected chi connectivity index (χ1v) is 10.0. The van der Waals surface area contributed by atoms with E-state index in [1.165, 1.54) is 0 Å². The van der Waals surface area contributed by atoms with Crippen LogP contribution in [0.1, 0.15) is 16.4 Å². The molecule has 0 amide bonds. The van der Waals surface area contributed by atoms with Gasteiger partial charge in [-0.1, -0.05) is 60.7 Å².